The molecule has 4 heteroatoms. The van der Waals surface area contributed by atoms with E-state index in [1.807, 2.05) is 0 Å². The first-order valence-corrected chi connectivity index (χ1v) is 17.5. The van der Waals surface area contributed by atoms with Crippen LogP contribution in [0.15, 0.2) is 115 Å². The van der Waals surface area contributed by atoms with Gasteiger partial charge in [0.1, 0.15) is 0 Å². The Labute approximate surface area is 308 Å². The SMILES string of the molecule is CC(C)CC1=Cc2c(-c3cc4ccccc4c4ccccc34)cccc2C1c1[c-]ccc2c1Cc1ccccc1-2.C[Si]C.[Cl-].[Cl-].[Zr+3]. The Kier molecular flexibility index (Phi) is 12.1. The van der Waals surface area contributed by atoms with E-state index in [9.17, 15) is 0 Å². The predicted molar refractivity (Wildman–Crippen MR) is 187 cm³/mol. The van der Waals surface area contributed by atoms with Crippen molar-refractivity contribution in [2.75, 3.05) is 0 Å². The maximum atomic E-state index is 3.76. The first kappa shape index (κ1) is 36.1. The largest absolute Gasteiger partial charge is 3.00 e. The molecule has 46 heavy (non-hydrogen) atoms. The molecule has 0 heterocycles. The van der Waals surface area contributed by atoms with E-state index in [-0.39, 0.29) is 56.9 Å². The molecular weight excluding hydrogens is 695 g/mol. The molecule has 2 aliphatic rings. The minimum Gasteiger partial charge on any atom is -1.00 e. The molecule has 0 saturated carbocycles. The Bertz CT molecular complexity index is 2030. The first-order chi connectivity index (χ1) is 21.1. The smallest absolute Gasteiger partial charge is 1.00 e. The fourth-order valence-corrected chi connectivity index (χ4v) is 7.34. The first-order valence-electron chi connectivity index (χ1n) is 15.5. The van der Waals surface area contributed by atoms with Crippen molar-refractivity contribution >= 4 is 37.1 Å². The Morgan fingerprint density at radius 1 is 0.717 bits per heavy atom. The summed E-state index contributed by atoms with van der Waals surface area (Å²) < 4.78 is 0. The second-order valence-electron chi connectivity index (χ2n) is 12.4. The summed E-state index contributed by atoms with van der Waals surface area (Å²) in [6.45, 7) is 8.99. The quantitative estimate of drug-likeness (QED) is 0.129. The van der Waals surface area contributed by atoms with Crippen LogP contribution in [-0.4, -0.2) is 9.52 Å². The molecular formula is C42H37Cl2SiZr. The molecule has 0 nitrogen and oxygen atoms in total. The summed E-state index contributed by atoms with van der Waals surface area (Å²) in [5.74, 6) is 0.829. The van der Waals surface area contributed by atoms with Crippen molar-refractivity contribution in [3.8, 4) is 22.3 Å². The van der Waals surface area contributed by atoms with Crippen LogP contribution in [0.25, 0.3) is 49.9 Å². The van der Waals surface area contributed by atoms with Crippen LogP contribution >= 0.6 is 0 Å². The number of hydrogen-bond acceptors (Lipinski definition) is 0. The average Bonchev–Trinajstić information content (AvgIpc) is 3.59. The molecule has 1 atom stereocenters. The molecule has 3 radical (unpaired) electrons. The number of fused-ring (bicyclic) bond motifs is 7. The minimum atomic E-state index is 0. The molecule has 0 N–H and O–H groups in total. The molecule has 0 spiro atoms. The van der Waals surface area contributed by atoms with E-state index in [1.54, 1.807) is 0 Å². The van der Waals surface area contributed by atoms with Gasteiger partial charge < -0.3 is 24.8 Å². The summed E-state index contributed by atoms with van der Waals surface area (Å²) >= 11 is 0. The van der Waals surface area contributed by atoms with Gasteiger partial charge >= 0.3 is 26.2 Å². The van der Waals surface area contributed by atoms with Gasteiger partial charge in [-0.1, -0.05) is 130 Å². The van der Waals surface area contributed by atoms with E-state index in [1.165, 1.54) is 77.2 Å². The second-order valence-corrected chi connectivity index (χ2v) is 13.4. The second kappa shape index (κ2) is 15.4. The predicted octanol–water partition coefficient (Wildman–Crippen LogP) is 5.40. The van der Waals surface area contributed by atoms with Gasteiger partial charge in [-0.15, -0.1) is 16.7 Å². The number of halogens is 2. The molecule has 6 aromatic rings. The number of hydrogen-bond donors (Lipinski definition) is 0. The maximum absolute atomic E-state index is 3.76. The van der Waals surface area contributed by atoms with Crippen LogP contribution in [0.5, 0.6) is 0 Å². The van der Waals surface area contributed by atoms with Crippen LogP contribution in [0.1, 0.15) is 54.0 Å². The summed E-state index contributed by atoms with van der Waals surface area (Å²) in [7, 11) is 1.08. The van der Waals surface area contributed by atoms with Gasteiger partial charge in [0.2, 0.25) is 0 Å². The molecule has 2 aliphatic carbocycles. The van der Waals surface area contributed by atoms with Crippen molar-refractivity contribution in [1.29, 1.82) is 0 Å². The van der Waals surface area contributed by atoms with Crippen LogP contribution in [-0.2, 0) is 32.6 Å². The van der Waals surface area contributed by atoms with Crippen molar-refractivity contribution in [1.82, 2.24) is 0 Å². The van der Waals surface area contributed by atoms with Crippen molar-refractivity contribution in [2.24, 2.45) is 5.92 Å². The van der Waals surface area contributed by atoms with E-state index >= 15 is 0 Å². The van der Waals surface area contributed by atoms with Crippen molar-refractivity contribution in [2.45, 2.75) is 45.7 Å². The molecule has 0 aliphatic heterocycles. The third-order valence-electron chi connectivity index (χ3n) is 8.96. The van der Waals surface area contributed by atoms with Crippen molar-refractivity contribution in [3.05, 3.63) is 149 Å². The van der Waals surface area contributed by atoms with Crippen LogP contribution in [0.2, 0.25) is 13.1 Å². The fraction of sp³-hybridized carbons (Fsp3) is 0.190. The van der Waals surface area contributed by atoms with Gasteiger partial charge in [0.05, 0.1) is 0 Å². The Hall–Kier alpha value is -2.74. The molecule has 0 aromatic heterocycles. The molecule has 0 bridgehead atoms. The van der Waals surface area contributed by atoms with Crippen molar-refractivity contribution in [3.63, 3.8) is 0 Å². The Morgan fingerprint density at radius 3 is 2.13 bits per heavy atom. The molecule has 0 fully saturated rings. The summed E-state index contributed by atoms with van der Waals surface area (Å²) in [5.41, 5.74) is 14.0. The maximum Gasteiger partial charge on any atom is 3.00 e. The zero-order valence-electron chi connectivity index (χ0n) is 26.8. The van der Waals surface area contributed by atoms with Crippen LogP contribution in [0.3, 0.4) is 0 Å². The normalized spacial score (nSPS) is 13.8. The van der Waals surface area contributed by atoms with Gasteiger partial charge in [-0.25, -0.2) is 0 Å². The Morgan fingerprint density at radius 2 is 1.37 bits per heavy atom. The molecule has 0 amide bonds. The van der Waals surface area contributed by atoms with E-state index < -0.39 is 0 Å². The fourth-order valence-electron chi connectivity index (χ4n) is 7.34. The average molecular weight is 732 g/mol. The Balaban J connectivity index is 0.000000772. The summed E-state index contributed by atoms with van der Waals surface area (Å²) in [6.07, 6.45) is 4.60. The van der Waals surface area contributed by atoms with Crippen LogP contribution < -0.4 is 24.8 Å². The molecule has 8 rings (SSSR count). The number of rotatable bonds is 4. The summed E-state index contributed by atoms with van der Waals surface area (Å²) in [6, 6.07) is 44.1. The van der Waals surface area contributed by atoms with Gasteiger partial charge in [-0.2, -0.15) is 18.2 Å². The summed E-state index contributed by atoms with van der Waals surface area (Å²) in [5, 5.41) is 5.25. The van der Waals surface area contributed by atoms with E-state index in [4.69, 9.17) is 0 Å². The van der Waals surface area contributed by atoms with Gasteiger partial charge in [0.15, 0.2) is 0 Å². The third-order valence-corrected chi connectivity index (χ3v) is 8.96. The van der Waals surface area contributed by atoms with Gasteiger partial charge in [-0.05, 0) is 79.8 Å². The monoisotopic (exact) mass is 729 g/mol. The third kappa shape index (κ3) is 6.40. The zero-order valence-corrected chi connectivity index (χ0v) is 31.8. The van der Waals surface area contributed by atoms with Crippen LogP contribution in [0, 0.1) is 12.0 Å². The number of benzene rings is 6. The number of allylic oxidation sites excluding steroid dienone is 1. The van der Waals surface area contributed by atoms with E-state index in [0.29, 0.717) is 5.92 Å². The van der Waals surface area contributed by atoms with Crippen molar-refractivity contribution < 1.29 is 51.0 Å². The molecule has 0 saturated heterocycles. The van der Waals surface area contributed by atoms with Crippen LogP contribution in [0.4, 0.5) is 0 Å². The van der Waals surface area contributed by atoms with Gasteiger partial charge in [-0.3, -0.25) is 0 Å². The summed E-state index contributed by atoms with van der Waals surface area (Å²) in [4.78, 5) is 0. The van der Waals surface area contributed by atoms with Gasteiger partial charge in [0, 0.05) is 15.4 Å². The topological polar surface area (TPSA) is 0 Å². The molecule has 6 aromatic carbocycles. The van der Waals surface area contributed by atoms with E-state index in [0.717, 1.165) is 22.4 Å². The van der Waals surface area contributed by atoms with E-state index in [2.05, 4.69) is 148 Å². The standard InChI is InChI=1S/C40H31.C2H6Si.2ClH.Zr/c1-25(2)21-28-24-39-34(37-22-26-11-3-5-13-29(26)31-15-7-8-16-33(31)37)18-10-20-36(39)40(28)35-19-9-17-32-30-14-6-4-12-27(30)23-38(32)35;1-3-2;;;/h3-18,20,22,24-25,40H,21,23H2,1-2H3;1-2H3;2*1H;/q-1;;;;+3/p-2. The van der Waals surface area contributed by atoms with Gasteiger partial charge in [0.25, 0.3) is 0 Å². The minimum absolute atomic E-state index is 0. The molecule has 1 unspecified atom stereocenters. The molecule has 227 valence electrons. The zero-order chi connectivity index (χ0) is 29.5.